The number of nitrogens with zero attached hydrogens (tertiary/aromatic N) is 3. The molecule has 0 aliphatic rings. The summed E-state index contributed by atoms with van der Waals surface area (Å²) in [6.07, 6.45) is 1.58. The molecule has 4 aromatic rings. The average Bonchev–Trinajstić information content (AvgIpc) is 3.32. The van der Waals surface area contributed by atoms with E-state index >= 15 is 0 Å². The van der Waals surface area contributed by atoms with Crippen molar-refractivity contribution in [2.45, 2.75) is 62.9 Å². The number of rotatable bonds is 14. The van der Waals surface area contributed by atoms with Crippen LogP contribution in [0.25, 0.3) is 0 Å². The van der Waals surface area contributed by atoms with Gasteiger partial charge in [0.1, 0.15) is 12.4 Å². The van der Waals surface area contributed by atoms with Crippen LogP contribution in [0, 0.1) is 12.8 Å². The fraction of sp³-hybridized carbons (Fsp3) is 0.333. The standard InChI is InChI=1S/C30H36N4O3S2/c1-23(2)18-20-34-29(22-37-26-12-8-5-9-13-26)31-32-30(34)38-21-19-28(25-10-6-4-7-11-25)33-39(35,36)27-16-14-24(3)15-17-27/h4-17,23,28,33H,18-22H2,1-3H3/t28-/m1/s1. The minimum Gasteiger partial charge on any atom is -0.486 e. The molecular formula is C30H36N4O3S2. The van der Waals surface area contributed by atoms with Gasteiger partial charge in [0, 0.05) is 18.3 Å². The molecule has 0 saturated heterocycles. The van der Waals surface area contributed by atoms with Crippen LogP contribution in [0.15, 0.2) is 95.0 Å². The normalized spacial score (nSPS) is 12.5. The van der Waals surface area contributed by atoms with Crippen LogP contribution in [-0.4, -0.2) is 28.9 Å². The van der Waals surface area contributed by atoms with Gasteiger partial charge >= 0.3 is 0 Å². The van der Waals surface area contributed by atoms with E-state index in [2.05, 4.69) is 33.3 Å². The summed E-state index contributed by atoms with van der Waals surface area (Å²) < 4.78 is 37.4. The average molecular weight is 565 g/mol. The molecule has 0 aliphatic carbocycles. The van der Waals surface area contributed by atoms with Crippen molar-refractivity contribution in [1.29, 1.82) is 0 Å². The third kappa shape index (κ3) is 8.42. The monoisotopic (exact) mass is 564 g/mol. The van der Waals surface area contributed by atoms with Crippen molar-refractivity contribution in [1.82, 2.24) is 19.5 Å². The Balaban J connectivity index is 1.47. The topological polar surface area (TPSA) is 86.1 Å². The highest BCUT2D eigenvalue weighted by Gasteiger charge is 2.22. The summed E-state index contributed by atoms with van der Waals surface area (Å²) in [6.45, 7) is 7.46. The Kier molecular flexibility index (Phi) is 10.2. The van der Waals surface area contributed by atoms with Gasteiger partial charge < -0.3 is 9.30 Å². The maximum Gasteiger partial charge on any atom is 0.241 e. The van der Waals surface area contributed by atoms with E-state index in [1.165, 1.54) is 0 Å². The zero-order chi connectivity index (χ0) is 27.7. The number of benzene rings is 3. The van der Waals surface area contributed by atoms with E-state index in [4.69, 9.17) is 4.74 Å². The van der Waals surface area contributed by atoms with Crippen LogP contribution < -0.4 is 9.46 Å². The van der Waals surface area contributed by atoms with Gasteiger partial charge in [-0.05, 0) is 55.5 Å². The van der Waals surface area contributed by atoms with Gasteiger partial charge in [0.25, 0.3) is 0 Å². The Hall–Kier alpha value is -3.14. The summed E-state index contributed by atoms with van der Waals surface area (Å²) in [5.74, 6) is 2.76. The minimum absolute atomic E-state index is 0.262. The van der Waals surface area contributed by atoms with E-state index in [1.807, 2.05) is 79.7 Å². The van der Waals surface area contributed by atoms with E-state index in [-0.39, 0.29) is 10.9 Å². The Labute approximate surface area is 236 Å². The molecule has 0 amide bonds. The van der Waals surface area contributed by atoms with Crippen molar-refractivity contribution in [3.63, 3.8) is 0 Å². The highest BCUT2D eigenvalue weighted by molar-refractivity contribution is 7.99. The number of hydrogen-bond acceptors (Lipinski definition) is 6. The first kappa shape index (κ1) is 28.9. The molecule has 0 unspecified atom stereocenters. The highest BCUT2D eigenvalue weighted by atomic mass is 32.2. The van der Waals surface area contributed by atoms with Gasteiger partial charge in [0.15, 0.2) is 11.0 Å². The first-order valence-corrected chi connectivity index (χ1v) is 15.7. The first-order chi connectivity index (χ1) is 18.8. The van der Waals surface area contributed by atoms with E-state index in [9.17, 15) is 8.42 Å². The third-order valence-electron chi connectivity index (χ3n) is 6.30. The second-order valence-corrected chi connectivity index (χ2v) is 12.6. The van der Waals surface area contributed by atoms with Gasteiger partial charge in [0.2, 0.25) is 10.0 Å². The number of ether oxygens (including phenoxy) is 1. The lowest BCUT2D eigenvalue weighted by Crippen LogP contribution is -2.29. The molecule has 1 heterocycles. The lowest BCUT2D eigenvalue weighted by atomic mass is 10.1. The molecule has 0 spiro atoms. The summed E-state index contributed by atoms with van der Waals surface area (Å²) in [6, 6.07) is 25.9. The summed E-state index contributed by atoms with van der Waals surface area (Å²) in [4.78, 5) is 0.262. The van der Waals surface area contributed by atoms with Crippen LogP contribution in [0.1, 0.15) is 49.7 Å². The van der Waals surface area contributed by atoms with Crippen LogP contribution in [0.4, 0.5) is 0 Å². The van der Waals surface area contributed by atoms with Gasteiger partial charge in [-0.25, -0.2) is 13.1 Å². The van der Waals surface area contributed by atoms with Crippen LogP contribution in [0.3, 0.4) is 0 Å². The minimum atomic E-state index is -3.68. The lowest BCUT2D eigenvalue weighted by molar-refractivity contribution is 0.285. The van der Waals surface area contributed by atoms with Gasteiger partial charge in [-0.3, -0.25) is 0 Å². The van der Waals surface area contributed by atoms with Crippen LogP contribution in [0.5, 0.6) is 5.75 Å². The number of aryl methyl sites for hydroxylation is 1. The van der Waals surface area contributed by atoms with E-state index < -0.39 is 10.0 Å². The first-order valence-electron chi connectivity index (χ1n) is 13.2. The van der Waals surface area contributed by atoms with Crippen molar-refractivity contribution in [2.75, 3.05) is 5.75 Å². The maximum absolute atomic E-state index is 13.2. The molecule has 0 saturated carbocycles. The summed E-state index contributed by atoms with van der Waals surface area (Å²) >= 11 is 1.59. The summed E-state index contributed by atoms with van der Waals surface area (Å²) in [5, 5.41) is 9.71. The summed E-state index contributed by atoms with van der Waals surface area (Å²) in [5.41, 5.74) is 1.94. The van der Waals surface area contributed by atoms with E-state index in [0.29, 0.717) is 24.7 Å². The lowest BCUT2D eigenvalue weighted by Gasteiger charge is -2.19. The van der Waals surface area contributed by atoms with Crippen molar-refractivity contribution in [3.8, 4) is 5.75 Å². The van der Waals surface area contributed by atoms with Gasteiger partial charge in [-0.2, -0.15) is 0 Å². The van der Waals surface area contributed by atoms with Crippen LogP contribution in [0.2, 0.25) is 0 Å². The molecule has 1 aromatic heterocycles. The quantitative estimate of drug-likeness (QED) is 0.178. The van der Waals surface area contributed by atoms with Crippen LogP contribution >= 0.6 is 11.8 Å². The van der Waals surface area contributed by atoms with Crippen molar-refractivity contribution >= 4 is 21.8 Å². The number of hydrogen-bond donors (Lipinski definition) is 1. The molecular weight excluding hydrogens is 528 g/mol. The zero-order valence-corrected chi connectivity index (χ0v) is 24.3. The molecule has 0 fully saturated rings. The molecule has 4 rings (SSSR count). The Bertz CT molecular complexity index is 1410. The van der Waals surface area contributed by atoms with Gasteiger partial charge in [-0.1, -0.05) is 91.8 Å². The molecule has 206 valence electrons. The Morgan fingerprint density at radius 2 is 1.56 bits per heavy atom. The summed E-state index contributed by atoms with van der Waals surface area (Å²) in [7, 11) is -3.68. The van der Waals surface area contributed by atoms with Crippen LogP contribution in [-0.2, 0) is 23.2 Å². The molecule has 1 atom stereocenters. The zero-order valence-electron chi connectivity index (χ0n) is 22.7. The second-order valence-electron chi connectivity index (χ2n) is 9.87. The molecule has 0 aliphatic heterocycles. The number of sulfonamides is 1. The molecule has 1 N–H and O–H groups in total. The van der Waals surface area contributed by atoms with Crippen molar-refractivity contribution < 1.29 is 13.2 Å². The Morgan fingerprint density at radius 3 is 2.23 bits per heavy atom. The second kappa shape index (κ2) is 13.8. The molecule has 0 radical (unpaired) electrons. The third-order valence-corrected chi connectivity index (χ3v) is 8.79. The number of aromatic nitrogens is 3. The van der Waals surface area contributed by atoms with Crippen molar-refractivity contribution in [3.05, 3.63) is 102 Å². The van der Waals surface area contributed by atoms with Gasteiger partial charge in [-0.15, -0.1) is 10.2 Å². The number of para-hydroxylation sites is 1. The predicted molar refractivity (Wildman–Crippen MR) is 156 cm³/mol. The smallest absolute Gasteiger partial charge is 0.241 e. The largest absolute Gasteiger partial charge is 0.486 e. The fourth-order valence-electron chi connectivity index (χ4n) is 4.03. The number of thioether (sulfide) groups is 1. The Morgan fingerprint density at radius 1 is 0.897 bits per heavy atom. The maximum atomic E-state index is 13.2. The van der Waals surface area contributed by atoms with Gasteiger partial charge in [0.05, 0.1) is 4.90 Å². The molecule has 7 nitrogen and oxygen atoms in total. The fourth-order valence-corrected chi connectivity index (χ4v) is 6.27. The SMILES string of the molecule is Cc1ccc(S(=O)(=O)N[C@H](CCSc2nnc(COc3ccccc3)n2CCC(C)C)c2ccccc2)cc1. The predicted octanol–water partition coefficient (Wildman–Crippen LogP) is 6.41. The molecule has 9 heteroatoms. The van der Waals surface area contributed by atoms with Crippen molar-refractivity contribution in [2.24, 2.45) is 5.92 Å². The van der Waals surface area contributed by atoms with E-state index in [0.717, 1.165) is 40.8 Å². The highest BCUT2D eigenvalue weighted by Crippen LogP contribution is 2.26. The number of nitrogens with one attached hydrogen (secondary N) is 1. The molecule has 0 bridgehead atoms. The van der Waals surface area contributed by atoms with E-state index in [1.54, 1.807) is 23.9 Å². The molecule has 3 aromatic carbocycles. The molecule has 39 heavy (non-hydrogen) atoms.